The molecule has 1 aliphatic rings. The Morgan fingerprint density at radius 3 is 2.95 bits per heavy atom. The van der Waals surface area contributed by atoms with Gasteiger partial charge in [-0.15, -0.1) is 11.8 Å². The molecule has 2 aromatic rings. The first-order valence-corrected chi connectivity index (χ1v) is 8.75. The molecule has 1 aliphatic heterocycles. The molecular formula is C17H20N2O2S. The Balaban J connectivity index is 1.86. The van der Waals surface area contributed by atoms with Gasteiger partial charge < -0.3 is 9.47 Å². The van der Waals surface area contributed by atoms with Gasteiger partial charge in [0.25, 0.3) is 0 Å². The maximum absolute atomic E-state index is 12.6. The van der Waals surface area contributed by atoms with Crippen LogP contribution >= 0.6 is 11.8 Å². The highest BCUT2D eigenvalue weighted by atomic mass is 32.2. The van der Waals surface area contributed by atoms with Crippen LogP contribution in [-0.2, 0) is 11.3 Å². The molecule has 1 aromatic carbocycles. The molecule has 4 nitrogen and oxygen atoms in total. The van der Waals surface area contributed by atoms with Crippen molar-refractivity contribution in [3.63, 3.8) is 0 Å². The zero-order chi connectivity index (χ0) is 15.5. The molecule has 116 valence electrons. The van der Waals surface area contributed by atoms with Crippen molar-refractivity contribution >= 4 is 28.6 Å². The maximum Gasteiger partial charge on any atom is 0.243 e. The monoisotopic (exact) mass is 316 g/mol. The molecule has 0 saturated carbocycles. The number of thioether (sulfide) groups is 1. The molecule has 1 saturated heterocycles. The van der Waals surface area contributed by atoms with Crippen LogP contribution in [0.5, 0.6) is 0 Å². The van der Waals surface area contributed by atoms with Crippen molar-refractivity contribution in [2.24, 2.45) is 0 Å². The number of para-hydroxylation sites is 1. The summed E-state index contributed by atoms with van der Waals surface area (Å²) in [6.07, 6.45) is 3.85. The number of amides is 1. The molecule has 0 spiro atoms. The Bertz CT molecular complexity index is 741. The number of rotatable bonds is 4. The fourth-order valence-corrected chi connectivity index (χ4v) is 4.31. The van der Waals surface area contributed by atoms with Gasteiger partial charge in [-0.2, -0.15) is 0 Å². The van der Waals surface area contributed by atoms with Crippen LogP contribution in [0.4, 0.5) is 0 Å². The van der Waals surface area contributed by atoms with E-state index in [-0.39, 0.29) is 11.3 Å². The molecule has 0 unspecified atom stereocenters. The molecule has 22 heavy (non-hydrogen) atoms. The lowest BCUT2D eigenvalue weighted by molar-refractivity contribution is -0.131. The fourth-order valence-electron chi connectivity index (χ4n) is 2.93. The van der Waals surface area contributed by atoms with E-state index in [1.165, 1.54) is 6.07 Å². The van der Waals surface area contributed by atoms with Crippen LogP contribution in [0.2, 0.25) is 0 Å². The molecular weight excluding hydrogens is 296 g/mol. The van der Waals surface area contributed by atoms with E-state index in [0.717, 1.165) is 30.7 Å². The van der Waals surface area contributed by atoms with Crippen molar-refractivity contribution < 1.29 is 4.79 Å². The van der Waals surface area contributed by atoms with E-state index >= 15 is 0 Å². The van der Waals surface area contributed by atoms with E-state index in [9.17, 15) is 9.59 Å². The van der Waals surface area contributed by atoms with Crippen molar-refractivity contribution in [2.75, 3.05) is 12.3 Å². The Morgan fingerprint density at radius 1 is 1.32 bits per heavy atom. The third kappa shape index (κ3) is 2.90. The minimum absolute atomic E-state index is 0.000105. The number of pyridine rings is 1. The van der Waals surface area contributed by atoms with Gasteiger partial charge >= 0.3 is 0 Å². The number of hydrogen-bond donors (Lipinski definition) is 0. The van der Waals surface area contributed by atoms with Crippen molar-refractivity contribution in [1.82, 2.24) is 9.47 Å². The van der Waals surface area contributed by atoms with E-state index in [1.54, 1.807) is 6.20 Å². The van der Waals surface area contributed by atoms with Crippen molar-refractivity contribution in [2.45, 2.75) is 31.7 Å². The minimum Gasteiger partial charge on any atom is -0.338 e. The zero-order valence-electron chi connectivity index (χ0n) is 12.7. The van der Waals surface area contributed by atoms with E-state index in [0.29, 0.717) is 17.3 Å². The summed E-state index contributed by atoms with van der Waals surface area (Å²) in [5.74, 6) is 1.15. The molecule has 5 heteroatoms. The van der Waals surface area contributed by atoms with Crippen LogP contribution < -0.4 is 5.43 Å². The second-order valence-electron chi connectivity index (χ2n) is 5.53. The number of carbonyl (C=O) groups excluding carboxylic acids is 1. The molecule has 1 fully saturated rings. The smallest absolute Gasteiger partial charge is 0.243 e. The van der Waals surface area contributed by atoms with Crippen molar-refractivity contribution in [1.29, 1.82) is 0 Å². The standard InChI is InChI=1S/C17H20N2O2S/c1-2-5-17-19(10-11-22-17)16(21)12-18-9-8-15(20)13-6-3-4-7-14(13)18/h3-4,6-9,17H,2,5,10-12H2,1H3/t17-/m1/s1. The number of carbonyl (C=O) groups is 1. The van der Waals surface area contributed by atoms with Gasteiger partial charge in [-0.1, -0.05) is 25.5 Å². The van der Waals surface area contributed by atoms with E-state index in [2.05, 4.69) is 6.92 Å². The van der Waals surface area contributed by atoms with Gasteiger partial charge in [0.2, 0.25) is 5.91 Å². The molecule has 0 aliphatic carbocycles. The second kappa shape index (κ2) is 6.57. The average Bonchev–Trinajstić information content (AvgIpc) is 2.99. The normalized spacial score (nSPS) is 18.0. The van der Waals surface area contributed by atoms with Gasteiger partial charge in [-0.3, -0.25) is 9.59 Å². The number of hydrogen-bond acceptors (Lipinski definition) is 3. The summed E-state index contributed by atoms with van der Waals surface area (Å²) < 4.78 is 1.88. The fraction of sp³-hybridized carbons (Fsp3) is 0.412. The lowest BCUT2D eigenvalue weighted by atomic mass is 10.2. The molecule has 1 aromatic heterocycles. The Kier molecular flexibility index (Phi) is 4.52. The highest BCUT2D eigenvalue weighted by molar-refractivity contribution is 8.00. The summed E-state index contributed by atoms with van der Waals surface area (Å²) in [5.41, 5.74) is 0.821. The van der Waals surface area contributed by atoms with Gasteiger partial charge in [0.05, 0.1) is 10.9 Å². The Hall–Kier alpha value is -1.75. The SMILES string of the molecule is CCC[C@H]1SCCN1C(=O)Cn1ccc(=O)c2ccccc21. The number of aromatic nitrogens is 1. The van der Waals surface area contributed by atoms with Gasteiger partial charge in [-0.25, -0.2) is 0 Å². The second-order valence-corrected chi connectivity index (χ2v) is 6.81. The largest absolute Gasteiger partial charge is 0.338 e. The average molecular weight is 316 g/mol. The van der Waals surface area contributed by atoms with Crippen LogP contribution in [0.15, 0.2) is 41.3 Å². The lowest BCUT2D eigenvalue weighted by Crippen LogP contribution is -2.37. The summed E-state index contributed by atoms with van der Waals surface area (Å²) in [4.78, 5) is 26.5. The van der Waals surface area contributed by atoms with Gasteiger partial charge in [0.15, 0.2) is 5.43 Å². The van der Waals surface area contributed by atoms with Crippen LogP contribution in [0.1, 0.15) is 19.8 Å². The molecule has 1 atom stereocenters. The first-order valence-electron chi connectivity index (χ1n) is 7.70. The lowest BCUT2D eigenvalue weighted by Gasteiger charge is -2.24. The summed E-state index contributed by atoms with van der Waals surface area (Å²) >= 11 is 1.87. The molecule has 0 bridgehead atoms. The van der Waals surface area contributed by atoms with Gasteiger partial charge in [0, 0.05) is 29.9 Å². The van der Waals surface area contributed by atoms with E-state index in [4.69, 9.17) is 0 Å². The Labute approximate surface area is 134 Å². The predicted molar refractivity (Wildman–Crippen MR) is 91.1 cm³/mol. The number of nitrogens with zero attached hydrogens (tertiary/aromatic N) is 2. The third-order valence-corrected chi connectivity index (χ3v) is 5.33. The number of benzene rings is 1. The van der Waals surface area contributed by atoms with E-state index < -0.39 is 0 Å². The van der Waals surface area contributed by atoms with Crippen LogP contribution in [-0.4, -0.2) is 33.0 Å². The number of fused-ring (bicyclic) bond motifs is 1. The topological polar surface area (TPSA) is 42.3 Å². The van der Waals surface area contributed by atoms with Crippen molar-refractivity contribution in [3.8, 4) is 0 Å². The zero-order valence-corrected chi connectivity index (χ0v) is 13.5. The van der Waals surface area contributed by atoms with Crippen LogP contribution in [0, 0.1) is 0 Å². The van der Waals surface area contributed by atoms with E-state index in [1.807, 2.05) is 45.5 Å². The molecule has 0 N–H and O–H groups in total. The Morgan fingerprint density at radius 2 is 2.14 bits per heavy atom. The third-order valence-electron chi connectivity index (χ3n) is 4.04. The summed E-state index contributed by atoms with van der Waals surface area (Å²) in [5, 5.41) is 0.974. The van der Waals surface area contributed by atoms with Gasteiger partial charge in [0.1, 0.15) is 6.54 Å². The molecule has 3 rings (SSSR count). The minimum atomic E-state index is -0.000105. The first kappa shape index (κ1) is 15.2. The predicted octanol–water partition coefficient (Wildman–Crippen LogP) is 2.70. The summed E-state index contributed by atoms with van der Waals surface area (Å²) in [6, 6.07) is 8.99. The summed E-state index contributed by atoms with van der Waals surface area (Å²) in [6.45, 7) is 3.27. The molecule has 1 amide bonds. The maximum atomic E-state index is 12.6. The molecule has 2 heterocycles. The highest BCUT2D eigenvalue weighted by Gasteiger charge is 2.28. The quantitative estimate of drug-likeness (QED) is 0.871. The van der Waals surface area contributed by atoms with Crippen molar-refractivity contribution in [3.05, 3.63) is 46.8 Å². The van der Waals surface area contributed by atoms with Crippen LogP contribution in [0.3, 0.4) is 0 Å². The molecule has 0 radical (unpaired) electrons. The van der Waals surface area contributed by atoms with Crippen LogP contribution in [0.25, 0.3) is 10.9 Å². The highest BCUT2D eigenvalue weighted by Crippen LogP contribution is 2.27. The first-order chi connectivity index (χ1) is 10.7. The van der Waals surface area contributed by atoms with Gasteiger partial charge in [-0.05, 0) is 18.6 Å². The summed E-state index contributed by atoms with van der Waals surface area (Å²) in [7, 11) is 0.